The van der Waals surface area contributed by atoms with Crippen molar-refractivity contribution >= 4 is 43.5 Å². The number of oxazole rings is 1. The lowest BCUT2D eigenvalue weighted by molar-refractivity contribution is 0.620. The van der Waals surface area contributed by atoms with Gasteiger partial charge in [0.2, 0.25) is 5.89 Å². The van der Waals surface area contributed by atoms with E-state index in [1.165, 1.54) is 16.3 Å². The molecule has 0 spiro atoms. The molecule has 0 saturated heterocycles. The third-order valence-corrected chi connectivity index (χ3v) is 9.74. The monoisotopic (exact) mass is 651 g/mol. The zero-order valence-corrected chi connectivity index (χ0v) is 27.5. The average molecular weight is 652 g/mol. The highest BCUT2D eigenvalue weighted by molar-refractivity contribution is 6.05. The van der Waals surface area contributed by atoms with Gasteiger partial charge in [0.15, 0.2) is 11.4 Å². The fourth-order valence-corrected chi connectivity index (χ4v) is 7.21. The Morgan fingerprint density at radius 3 is 1.78 bits per heavy atom. The van der Waals surface area contributed by atoms with Crippen molar-refractivity contribution in [2.24, 2.45) is 0 Å². The summed E-state index contributed by atoms with van der Waals surface area (Å²) in [5.41, 5.74) is 11.1. The minimum atomic E-state index is 0.619. The van der Waals surface area contributed by atoms with Gasteiger partial charge >= 0.3 is 0 Å². The van der Waals surface area contributed by atoms with Crippen molar-refractivity contribution in [2.75, 3.05) is 0 Å². The summed E-state index contributed by atoms with van der Waals surface area (Å²) in [7, 11) is 0. The molecule has 8 aromatic carbocycles. The summed E-state index contributed by atoms with van der Waals surface area (Å²) in [6, 6.07) is 61.1. The van der Waals surface area contributed by atoms with Crippen molar-refractivity contribution < 1.29 is 4.42 Å². The van der Waals surface area contributed by atoms with E-state index in [-0.39, 0.29) is 0 Å². The number of hydrogen-bond acceptors (Lipinski definition) is 4. The maximum absolute atomic E-state index is 6.24. The van der Waals surface area contributed by atoms with Crippen LogP contribution < -0.4 is 0 Å². The summed E-state index contributed by atoms with van der Waals surface area (Å²) in [4.78, 5) is 15.0. The molecule has 0 fully saturated rings. The zero-order chi connectivity index (χ0) is 33.7. The molecule has 0 saturated carbocycles. The summed E-state index contributed by atoms with van der Waals surface area (Å²) < 4.78 is 6.24. The number of hydrogen-bond donors (Lipinski definition) is 0. The van der Waals surface area contributed by atoms with E-state index >= 15 is 0 Å². The lowest BCUT2D eigenvalue weighted by Gasteiger charge is -2.15. The van der Waals surface area contributed by atoms with Crippen molar-refractivity contribution in [1.29, 1.82) is 0 Å². The molecule has 2 aromatic heterocycles. The second-order valence-corrected chi connectivity index (χ2v) is 12.8. The molecule has 238 valence electrons. The zero-order valence-electron chi connectivity index (χ0n) is 27.5. The predicted octanol–water partition coefficient (Wildman–Crippen LogP) is 12.4. The van der Waals surface area contributed by atoms with Crippen molar-refractivity contribution in [1.82, 2.24) is 15.0 Å². The molecular formula is C47H29N3O. The van der Waals surface area contributed by atoms with E-state index in [1.54, 1.807) is 0 Å². The van der Waals surface area contributed by atoms with Crippen molar-refractivity contribution in [3.8, 4) is 56.4 Å². The average Bonchev–Trinajstić information content (AvgIpc) is 3.66. The number of para-hydroxylation sites is 1. The van der Waals surface area contributed by atoms with Crippen LogP contribution in [0.1, 0.15) is 0 Å². The molecule has 51 heavy (non-hydrogen) atoms. The molecule has 10 rings (SSSR count). The number of benzene rings is 8. The Labute approximate surface area is 294 Å². The molecule has 0 radical (unpaired) electrons. The summed E-state index contributed by atoms with van der Waals surface area (Å²) in [5, 5.41) is 5.68. The highest BCUT2D eigenvalue weighted by atomic mass is 16.3. The fraction of sp³-hybridized carbons (Fsp3) is 0. The molecule has 0 unspecified atom stereocenters. The lowest BCUT2D eigenvalue weighted by atomic mass is 9.89. The predicted molar refractivity (Wildman–Crippen MR) is 209 cm³/mol. The van der Waals surface area contributed by atoms with Gasteiger partial charge in [-0.3, -0.25) is 0 Å². The standard InChI is InChI=1S/C47H29N3O/c1-2-12-34(13-3-1)44-40-16-8-9-17-41(40)48-46(49-44)35-22-20-33(21-23-35)43-37-14-6-4-10-30(37)26-28-38(43)32-18-24-36(25-19-32)47-50-45-39-15-7-5-11-31(39)27-29-42(45)51-47/h1-29H. The Morgan fingerprint density at radius 1 is 0.373 bits per heavy atom. The van der Waals surface area contributed by atoms with Crippen LogP contribution in [0.2, 0.25) is 0 Å². The van der Waals surface area contributed by atoms with Gasteiger partial charge in [0.05, 0.1) is 11.2 Å². The van der Waals surface area contributed by atoms with E-state index in [2.05, 4.69) is 127 Å². The first kappa shape index (κ1) is 29.0. The maximum Gasteiger partial charge on any atom is 0.227 e. The molecule has 4 heteroatoms. The first-order valence-electron chi connectivity index (χ1n) is 17.1. The van der Waals surface area contributed by atoms with Crippen LogP contribution in [0.3, 0.4) is 0 Å². The van der Waals surface area contributed by atoms with Gasteiger partial charge in [-0.2, -0.15) is 0 Å². The summed E-state index contributed by atoms with van der Waals surface area (Å²) in [5.74, 6) is 1.33. The van der Waals surface area contributed by atoms with Crippen molar-refractivity contribution in [3.63, 3.8) is 0 Å². The number of nitrogens with zero attached hydrogens (tertiary/aromatic N) is 3. The quantitative estimate of drug-likeness (QED) is 0.186. The summed E-state index contributed by atoms with van der Waals surface area (Å²) in [6.07, 6.45) is 0. The Bertz CT molecular complexity index is 2890. The number of aromatic nitrogens is 3. The third kappa shape index (κ3) is 5.04. The van der Waals surface area contributed by atoms with Gasteiger partial charge < -0.3 is 4.42 Å². The van der Waals surface area contributed by atoms with Crippen LogP contribution in [0, 0.1) is 0 Å². The molecule has 0 aliphatic heterocycles. The smallest absolute Gasteiger partial charge is 0.227 e. The van der Waals surface area contributed by atoms with E-state index in [0.717, 1.165) is 71.8 Å². The van der Waals surface area contributed by atoms with Gasteiger partial charge in [-0.05, 0) is 62.7 Å². The van der Waals surface area contributed by atoms with Gasteiger partial charge in [0.1, 0.15) is 5.52 Å². The molecule has 0 N–H and O–H groups in total. The van der Waals surface area contributed by atoms with Crippen LogP contribution in [-0.4, -0.2) is 15.0 Å². The van der Waals surface area contributed by atoms with E-state index < -0.39 is 0 Å². The SMILES string of the molecule is c1ccc(-c2nc(-c3ccc(-c4c(-c5ccc(-c6nc7c(ccc8ccccc87)o6)cc5)ccc5ccccc45)cc3)nc3ccccc23)cc1. The van der Waals surface area contributed by atoms with E-state index in [1.807, 2.05) is 48.5 Å². The van der Waals surface area contributed by atoms with Gasteiger partial charge in [-0.1, -0.05) is 152 Å². The first-order valence-corrected chi connectivity index (χ1v) is 17.1. The Balaban J connectivity index is 1.05. The minimum Gasteiger partial charge on any atom is -0.436 e. The van der Waals surface area contributed by atoms with Crippen LogP contribution >= 0.6 is 0 Å². The topological polar surface area (TPSA) is 51.8 Å². The van der Waals surface area contributed by atoms with Crippen LogP contribution in [-0.2, 0) is 0 Å². The summed E-state index contributed by atoms with van der Waals surface area (Å²) >= 11 is 0. The van der Waals surface area contributed by atoms with Crippen LogP contribution in [0.15, 0.2) is 180 Å². The molecule has 10 aromatic rings. The highest BCUT2D eigenvalue weighted by Crippen LogP contribution is 2.40. The summed E-state index contributed by atoms with van der Waals surface area (Å²) in [6.45, 7) is 0. The maximum atomic E-state index is 6.24. The molecule has 0 bridgehead atoms. The molecule has 0 atom stereocenters. The number of rotatable bonds is 5. The van der Waals surface area contributed by atoms with Crippen LogP contribution in [0.25, 0.3) is 99.9 Å². The lowest BCUT2D eigenvalue weighted by Crippen LogP contribution is -1.95. The normalized spacial score (nSPS) is 11.5. The van der Waals surface area contributed by atoms with E-state index in [4.69, 9.17) is 19.4 Å². The molecular weight excluding hydrogens is 623 g/mol. The van der Waals surface area contributed by atoms with E-state index in [9.17, 15) is 0 Å². The van der Waals surface area contributed by atoms with Gasteiger partial charge in [-0.15, -0.1) is 0 Å². The minimum absolute atomic E-state index is 0.619. The molecule has 2 heterocycles. The van der Waals surface area contributed by atoms with E-state index in [0.29, 0.717) is 11.7 Å². The second kappa shape index (κ2) is 11.9. The Morgan fingerprint density at radius 2 is 0.980 bits per heavy atom. The fourth-order valence-electron chi connectivity index (χ4n) is 7.21. The van der Waals surface area contributed by atoms with Gasteiger partial charge in [-0.25, -0.2) is 15.0 Å². The van der Waals surface area contributed by atoms with Crippen LogP contribution in [0.4, 0.5) is 0 Å². The Kier molecular flexibility index (Phi) is 6.78. The Hall–Kier alpha value is -6.91. The second-order valence-electron chi connectivity index (χ2n) is 12.8. The molecule has 0 aliphatic carbocycles. The highest BCUT2D eigenvalue weighted by Gasteiger charge is 2.16. The third-order valence-electron chi connectivity index (χ3n) is 9.74. The molecule has 0 aliphatic rings. The van der Waals surface area contributed by atoms with Crippen LogP contribution in [0.5, 0.6) is 0 Å². The number of fused-ring (bicyclic) bond motifs is 5. The van der Waals surface area contributed by atoms with Crippen molar-refractivity contribution in [2.45, 2.75) is 0 Å². The molecule has 4 nitrogen and oxygen atoms in total. The van der Waals surface area contributed by atoms with Crippen molar-refractivity contribution in [3.05, 3.63) is 176 Å². The van der Waals surface area contributed by atoms with Gasteiger partial charge in [0, 0.05) is 27.5 Å². The molecule has 0 amide bonds. The van der Waals surface area contributed by atoms with Gasteiger partial charge in [0.25, 0.3) is 0 Å². The first-order chi connectivity index (χ1) is 25.3. The largest absolute Gasteiger partial charge is 0.436 e.